The normalized spacial score (nSPS) is 15.1. The molecule has 1 fully saturated rings. The summed E-state index contributed by atoms with van der Waals surface area (Å²) in [5, 5.41) is 2.07. The molecule has 0 unspecified atom stereocenters. The zero-order chi connectivity index (χ0) is 22.0. The molecule has 1 aromatic carbocycles. The number of hydrogen-bond donors (Lipinski definition) is 2. The summed E-state index contributed by atoms with van der Waals surface area (Å²) in [7, 11) is -3.74. The molecule has 0 bridgehead atoms. The number of carbonyl (C=O) groups excluding carboxylic acids is 1. The molecule has 0 aliphatic carbocycles. The number of nitrogens with zero attached hydrogens (tertiary/aromatic N) is 3. The van der Waals surface area contributed by atoms with Crippen molar-refractivity contribution in [2.45, 2.75) is 37.6 Å². The highest BCUT2D eigenvalue weighted by molar-refractivity contribution is 7.89. The van der Waals surface area contributed by atoms with Crippen molar-refractivity contribution < 1.29 is 13.2 Å². The van der Waals surface area contributed by atoms with Crippen LogP contribution in [0.25, 0.3) is 10.9 Å². The second kappa shape index (κ2) is 8.77. The number of para-hydroxylation sites is 1. The molecule has 3 heterocycles. The van der Waals surface area contributed by atoms with Gasteiger partial charge in [0, 0.05) is 19.6 Å². The quantitative estimate of drug-likeness (QED) is 0.545. The third kappa shape index (κ3) is 4.08. The zero-order valence-corrected chi connectivity index (χ0v) is 18.6. The van der Waals surface area contributed by atoms with E-state index in [1.165, 1.54) is 14.9 Å². The first kappa shape index (κ1) is 21.5. The Balaban J connectivity index is 1.58. The van der Waals surface area contributed by atoms with Crippen molar-refractivity contribution in [2.24, 2.45) is 0 Å². The molecular weight excluding hydrogens is 438 g/mol. The Hall–Kier alpha value is -2.76. The number of fused-ring (bicyclic) bond motifs is 1. The van der Waals surface area contributed by atoms with Gasteiger partial charge in [-0.15, -0.1) is 11.3 Å². The second-order valence-corrected chi connectivity index (χ2v) is 9.98. The van der Waals surface area contributed by atoms with Crippen molar-refractivity contribution in [3.05, 3.63) is 50.9 Å². The molecule has 1 saturated heterocycles. The highest BCUT2D eigenvalue weighted by Gasteiger charge is 2.31. The summed E-state index contributed by atoms with van der Waals surface area (Å²) in [5.41, 5.74) is 5.46. The maximum Gasteiger partial charge on any atom is 0.281 e. The van der Waals surface area contributed by atoms with Gasteiger partial charge in [0.05, 0.1) is 10.9 Å². The fraction of sp³-hybridized carbons (Fsp3) is 0.350. The van der Waals surface area contributed by atoms with Gasteiger partial charge < -0.3 is 0 Å². The summed E-state index contributed by atoms with van der Waals surface area (Å²) in [6.07, 6.45) is 2.63. The monoisotopic (exact) mass is 461 g/mol. The van der Waals surface area contributed by atoms with E-state index < -0.39 is 15.9 Å². The van der Waals surface area contributed by atoms with E-state index in [-0.39, 0.29) is 21.3 Å². The zero-order valence-electron chi connectivity index (χ0n) is 17.0. The number of thiophene rings is 1. The average molecular weight is 462 g/mol. The topological polar surface area (TPSA) is 113 Å². The molecule has 11 heteroatoms. The van der Waals surface area contributed by atoms with Crippen LogP contribution in [-0.2, 0) is 16.6 Å². The number of carbonyl (C=O) groups is 1. The van der Waals surface area contributed by atoms with Crippen molar-refractivity contribution in [3.63, 3.8) is 0 Å². The number of aromatic nitrogens is 2. The van der Waals surface area contributed by atoms with Crippen LogP contribution >= 0.6 is 11.3 Å². The number of amides is 1. The minimum absolute atomic E-state index is 0.00180. The minimum atomic E-state index is -3.74. The molecule has 0 atom stereocenters. The van der Waals surface area contributed by atoms with Gasteiger partial charge >= 0.3 is 0 Å². The number of nitrogens with one attached hydrogen (secondary N) is 2. The molecule has 9 nitrogen and oxygen atoms in total. The number of rotatable bonds is 6. The second-order valence-electron chi connectivity index (χ2n) is 7.16. The minimum Gasteiger partial charge on any atom is -0.277 e. The molecular formula is C20H23N5O4S2. The first-order valence-corrected chi connectivity index (χ1v) is 12.4. The maximum atomic E-state index is 13.0. The van der Waals surface area contributed by atoms with Crippen LogP contribution in [0.5, 0.6) is 0 Å². The molecule has 0 saturated carbocycles. The first-order chi connectivity index (χ1) is 14.9. The third-order valence-electron chi connectivity index (χ3n) is 5.23. The summed E-state index contributed by atoms with van der Waals surface area (Å²) in [4.78, 5) is 30.0. The Labute approximate surface area is 183 Å². The molecule has 1 aliphatic rings. The van der Waals surface area contributed by atoms with Gasteiger partial charge in [-0.2, -0.15) is 4.31 Å². The van der Waals surface area contributed by atoms with Crippen LogP contribution in [-0.4, -0.2) is 41.3 Å². The molecule has 4 rings (SSSR count). The largest absolute Gasteiger partial charge is 0.281 e. The van der Waals surface area contributed by atoms with E-state index in [0.29, 0.717) is 30.5 Å². The Morgan fingerprint density at radius 1 is 1.16 bits per heavy atom. The van der Waals surface area contributed by atoms with Crippen molar-refractivity contribution >= 4 is 44.1 Å². The predicted molar refractivity (Wildman–Crippen MR) is 120 cm³/mol. The van der Waals surface area contributed by atoms with Gasteiger partial charge in [0.25, 0.3) is 11.5 Å². The SMILES string of the molecule is CCn1c(NNC(=O)c2sccc2S(=O)(=O)N2CCCCC2)nc2ccccc2c1=O. The standard InChI is InChI=1S/C20H23N5O4S2/c1-2-25-19(27)14-8-4-5-9-15(14)21-20(25)23-22-18(26)17-16(10-13-30-17)31(28,29)24-11-6-3-7-12-24/h4-5,8-10,13H,2-3,6-7,11-12H2,1H3,(H,21,23)(H,22,26). The van der Waals surface area contributed by atoms with E-state index in [2.05, 4.69) is 15.8 Å². The Kier molecular flexibility index (Phi) is 6.08. The maximum absolute atomic E-state index is 13.0. The van der Waals surface area contributed by atoms with Crippen molar-refractivity contribution in [1.29, 1.82) is 0 Å². The summed E-state index contributed by atoms with van der Waals surface area (Å²) in [6.45, 7) is 3.07. The van der Waals surface area contributed by atoms with Crippen molar-refractivity contribution in [2.75, 3.05) is 18.5 Å². The van der Waals surface area contributed by atoms with E-state index in [0.717, 1.165) is 30.6 Å². The summed E-state index contributed by atoms with van der Waals surface area (Å²) < 4.78 is 28.9. The molecule has 2 aromatic heterocycles. The Morgan fingerprint density at radius 3 is 2.65 bits per heavy atom. The van der Waals surface area contributed by atoms with E-state index in [1.54, 1.807) is 36.6 Å². The third-order valence-corrected chi connectivity index (χ3v) is 8.22. The van der Waals surface area contributed by atoms with Crippen LogP contribution in [0.3, 0.4) is 0 Å². The Bertz CT molecular complexity index is 1280. The van der Waals surface area contributed by atoms with Crippen LogP contribution in [0.2, 0.25) is 0 Å². The lowest BCUT2D eigenvalue weighted by Gasteiger charge is -2.25. The van der Waals surface area contributed by atoms with E-state index in [9.17, 15) is 18.0 Å². The van der Waals surface area contributed by atoms with Crippen LogP contribution in [0, 0.1) is 0 Å². The molecule has 164 valence electrons. The lowest BCUT2D eigenvalue weighted by Crippen LogP contribution is -2.37. The molecule has 31 heavy (non-hydrogen) atoms. The Morgan fingerprint density at radius 2 is 1.90 bits per heavy atom. The van der Waals surface area contributed by atoms with Gasteiger partial charge in [0.15, 0.2) is 0 Å². The number of piperidine rings is 1. The van der Waals surface area contributed by atoms with Gasteiger partial charge in [-0.1, -0.05) is 18.6 Å². The van der Waals surface area contributed by atoms with Crippen LogP contribution < -0.4 is 16.4 Å². The molecule has 0 spiro atoms. The van der Waals surface area contributed by atoms with Gasteiger partial charge in [-0.3, -0.25) is 25.0 Å². The highest BCUT2D eigenvalue weighted by Crippen LogP contribution is 2.27. The van der Waals surface area contributed by atoms with Gasteiger partial charge in [0.2, 0.25) is 16.0 Å². The van der Waals surface area contributed by atoms with E-state index >= 15 is 0 Å². The van der Waals surface area contributed by atoms with E-state index in [4.69, 9.17) is 0 Å². The van der Waals surface area contributed by atoms with Crippen LogP contribution in [0.4, 0.5) is 5.95 Å². The number of sulfonamides is 1. The number of anilines is 1. The average Bonchev–Trinajstić information content (AvgIpc) is 3.29. The van der Waals surface area contributed by atoms with Gasteiger partial charge in [0.1, 0.15) is 9.77 Å². The van der Waals surface area contributed by atoms with E-state index in [1.807, 2.05) is 0 Å². The molecule has 0 radical (unpaired) electrons. The number of benzene rings is 1. The van der Waals surface area contributed by atoms with Crippen LogP contribution in [0.1, 0.15) is 35.9 Å². The lowest BCUT2D eigenvalue weighted by atomic mass is 10.2. The van der Waals surface area contributed by atoms with Crippen molar-refractivity contribution in [1.82, 2.24) is 19.3 Å². The highest BCUT2D eigenvalue weighted by atomic mass is 32.2. The first-order valence-electron chi connectivity index (χ1n) is 10.1. The number of hydrazine groups is 1. The number of hydrogen-bond acceptors (Lipinski definition) is 7. The summed E-state index contributed by atoms with van der Waals surface area (Å²) >= 11 is 1.05. The smallest absolute Gasteiger partial charge is 0.277 e. The van der Waals surface area contributed by atoms with Gasteiger partial charge in [-0.05, 0) is 43.3 Å². The summed E-state index contributed by atoms with van der Waals surface area (Å²) in [5.74, 6) is -0.424. The van der Waals surface area contributed by atoms with Crippen molar-refractivity contribution in [3.8, 4) is 0 Å². The summed E-state index contributed by atoms with van der Waals surface area (Å²) in [6, 6.07) is 8.41. The molecule has 1 aliphatic heterocycles. The fourth-order valence-corrected chi connectivity index (χ4v) is 6.45. The molecule has 1 amide bonds. The lowest BCUT2D eigenvalue weighted by molar-refractivity contribution is 0.0963. The molecule has 3 aromatic rings. The van der Waals surface area contributed by atoms with Gasteiger partial charge in [-0.25, -0.2) is 13.4 Å². The fourth-order valence-electron chi connectivity index (χ4n) is 3.64. The van der Waals surface area contributed by atoms with Crippen LogP contribution in [0.15, 0.2) is 45.4 Å². The molecule has 2 N–H and O–H groups in total. The predicted octanol–water partition coefficient (Wildman–Crippen LogP) is 2.41.